The van der Waals surface area contributed by atoms with E-state index in [-0.39, 0.29) is 6.42 Å². The minimum Gasteiger partial charge on any atom is -0.477 e. The number of unbranched alkanes of at least 4 members (excludes halogenated alkanes) is 10. The van der Waals surface area contributed by atoms with E-state index in [0.29, 0.717) is 6.42 Å². The van der Waals surface area contributed by atoms with Crippen LogP contribution in [0.1, 0.15) is 84.0 Å². The van der Waals surface area contributed by atoms with Gasteiger partial charge in [-0.1, -0.05) is 71.1 Å². The van der Waals surface area contributed by atoms with Gasteiger partial charge in [0.05, 0.1) is 0 Å². The molecule has 4 nitrogen and oxygen atoms in total. The number of rotatable bonds is 13. The molecular formula is C15H30O4. The molecule has 114 valence electrons. The van der Waals surface area contributed by atoms with Crippen molar-refractivity contribution in [3.05, 3.63) is 0 Å². The highest BCUT2D eigenvalue weighted by atomic mass is 16.5. The molecule has 0 aromatic heterocycles. The van der Waals surface area contributed by atoms with Crippen LogP contribution in [0.3, 0.4) is 0 Å². The molecule has 0 atom stereocenters. The third-order valence-corrected chi connectivity index (χ3v) is 3.47. The second kappa shape index (κ2) is 11.2. The lowest BCUT2D eigenvalue weighted by Crippen LogP contribution is -2.37. The molecule has 0 amide bonds. The fraction of sp³-hybridized carbons (Fsp3) is 0.933. The summed E-state index contributed by atoms with van der Waals surface area (Å²) in [6.45, 7) is 2.22. The molecule has 0 aliphatic heterocycles. The first-order valence-corrected chi connectivity index (χ1v) is 7.69. The van der Waals surface area contributed by atoms with Gasteiger partial charge in [0.25, 0.3) is 5.79 Å². The van der Waals surface area contributed by atoms with Crippen LogP contribution in [0.25, 0.3) is 0 Å². The summed E-state index contributed by atoms with van der Waals surface area (Å²) in [5.41, 5.74) is 0. The van der Waals surface area contributed by atoms with Crippen molar-refractivity contribution in [1.82, 2.24) is 0 Å². The normalized spacial score (nSPS) is 11.7. The van der Waals surface area contributed by atoms with Crippen LogP contribution < -0.4 is 0 Å². The summed E-state index contributed by atoms with van der Waals surface area (Å²) in [5, 5.41) is 26.7. The van der Waals surface area contributed by atoms with E-state index in [2.05, 4.69) is 6.92 Å². The smallest absolute Gasteiger partial charge is 0.364 e. The molecule has 0 heterocycles. The van der Waals surface area contributed by atoms with Crippen molar-refractivity contribution in [1.29, 1.82) is 0 Å². The predicted molar refractivity (Wildman–Crippen MR) is 75.9 cm³/mol. The summed E-state index contributed by atoms with van der Waals surface area (Å²) < 4.78 is 0. The second-order valence-electron chi connectivity index (χ2n) is 5.41. The van der Waals surface area contributed by atoms with E-state index in [9.17, 15) is 4.79 Å². The second-order valence-corrected chi connectivity index (χ2v) is 5.41. The molecule has 0 bridgehead atoms. The Kier molecular flexibility index (Phi) is 10.9. The number of aliphatic carboxylic acids is 1. The number of hydrogen-bond donors (Lipinski definition) is 3. The maximum absolute atomic E-state index is 10.4. The first-order valence-electron chi connectivity index (χ1n) is 7.69. The van der Waals surface area contributed by atoms with Crippen molar-refractivity contribution in [3.63, 3.8) is 0 Å². The van der Waals surface area contributed by atoms with Gasteiger partial charge in [0.2, 0.25) is 0 Å². The summed E-state index contributed by atoms with van der Waals surface area (Å²) in [6.07, 6.45) is 12.7. The van der Waals surface area contributed by atoms with Gasteiger partial charge in [0.1, 0.15) is 0 Å². The van der Waals surface area contributed by atoms with Gasteiger partial charge >= 0.3 is 5.97 Å². The van der Waals surface area contributed by atoms with E-state index in [1.807, 2.05) is 0 Å². The molecule has 0 saturated heterocycles. The number of carbonyl (C=O) groups is 1. The van der Waals surface area contributed by atoms with E-state index < -0.39 is 11.8 Å². The predicted octanol–water partition coefficient (Wildman–Crippen LogP) is 3.45. The van der Waals surface area contributed by atoms with E-state index in [4.69, 9.17) is 15.3 Å². The molecule has 0 fully saturated rings. The van der Waals surface area contributed by atoms with Crippen LogP contribution in [0.5, 0.6) is 0 Å². The van der Waals surface area contributed by atoms with Gasteiger partial charge in [-0.2, -0.15) is 0 Å². The third-order valence-electron chi connectivity index (χ3n) is 3.47. The van der Waals surface area contributed by atoms with E-state index in [0.717, 1.165) is 19.3 Å². The fourth-order valence-corrected chi connectivity index (χ4v) is 2.14. The molecular weight excluding hydrogens is 244 g/mol. The molecule has 4 heteroatoms. The molecule has 0 aromatic carbocycles. The summed E-state index contributed by atoms with van der Waals surface area (Å²) in [7, 11) is 0. The largest absolute Gasteiger partial charge is 0.477 e. The number of aliphatic hydroxyl groups is 2. The van der Waals surface area contributed by atoms with Gasteiger partial charge in [0.15, 0.2) is 0 Å². The zero-order valence-electron chi connectivity index (χ0n) is 12.2. The lowest BCUT2D eigenvalue weighted by atomic mass is 10.0. The number of carboxylic acids is 1. The molecule has 0 saturated carbocycles. The zero-order valence-corrected chi connectivity index (χ0v) is 12.2. The third kappa shape index (κ3) is 11.0. The highest BCUT2D eigenvalue weighted by molar-refractivity contribution is 5.74. The standard InChI is InChI=1S/C15H30O4/c1-2-3-4-5-6-7-8-9-10-11-12-13-15(18,19)14(16)17/h18-19H,2-13H2,1H3,(H,16,17). The van der Waals surface area contributed by atoms with Crippen molar-refractivity contribution in [2.24, 2.45) is 0 Å². The molecule has 0 aliphatic rings. The van der Waals surface area contributed by atoms with E-state index in [1.54, 1.807) is 0 Å². The molecule has 19 heavy (non-hydrogen) atoms. The molecule has 0 rings (SSSR count). The van der Waals surface area contributed by atoms with Crippen molar-refractivity contribution >= 4 is 5.97 Å². The molecule has 0 radical (unpaired) electrons. The first kappa shape index (κ1) is 18.4. The number of hydrogen-bond acceptors (Lipinski definition) is 3. The Labute approximate surface area is 116 Å². The Balaban J connectivity index is 3.21. The first-order chi connectivity index (χ1) is 9.00. The van der Waals surface area contributed by atoms with Crippen LogP contribution >= 0.6 is 0 Å². The minimum absolute atomic E-state index is 0.0840. The van der Waals surface area contributed by atoms with Crippen LogP contribution in [0, 0.1) is 0 Å². The Hall–Kier alpha value is -0.610. The molecule has 0 aromatic rings. The molecule has 3 N–H and O–H groups in total. The van der Waals surface area contributed by atoms with Crippen molar-refractivity contribution in [3.8, 4) is 0 Å². The minimum atomic E-state index is -2.54. The maximum atomic E-state index is 10.4. The van der Waals surface area contributed by atoms with Crippen LogP contribution in [0.4, 0.5) is 0 Å². The van der Waals surface area contributed by atoms with Gasteiger partial charge in [-0.15, -0.1) is 0 Å². The summed E-state index contributed by atoms with van der Waals surface area (Å²) >= 11 is 0. The Morgan fingerprint density at radius 1 is 0.789 bits per heavy atom. The van der Waals surface area contributed by atoms with Crippen molar-refractivity contribution in [2.75, 3.05) is 0 Å². The SMILES string of the molecule is CCCCCCCCCCCCCC(O)(O)C(=O)O. The summed E-state index contributed by atoms with van der Waals surface area (Å²) in [5.74, 6) is -4.10. The van der Waals surface area contributed by atoms with Gasteiger partial charge in [-0.25, -0.2) is 4.79 Å². The monoisotopic (exact) mass is 274 g/mol. The lowest BCUT2D eigenvalue weighted by Gasteiger charge is -2.15. The summed E-state index contributed by atoms with van der Waals surface area (Å²) in [4.78, 5) is 10.4. The number of carboxylic acid groups (broad SMARTS) is 1. The maximum Gasteiger partial charge on any atom is 0.364 e. The molecule has 0 aliphatic carbocycles. The quantitative estimate of drug-likeness (QED) is 0.355. The van der Waals surface area contributed by atoms with Crippen LogP contribution in [-0.4, -0.2) is 27.1 Å². The fourth-order valence-electron chi connectivity index (χ4n) is 2.14. The Morgan fingerprint density at radius 3 is 1.53 bits per heavy atom. The van der Waals surface area contributed by atoms with Crippen LogP contribution in [-0.2, 0) is 4.79 Å². The van der Waals surface area contributed by atoms with Crippen molar-refractivity contribution < 1.29 is 20.1 Å². The van der Waals surface area contributed by atoms with E-state index >= 15 is 0 Å². The zero-order chi connectivity index (χ0) is 14.6. The topological polar surface area (TPSA) is 77.8 Å². The Morgan fingerprint density at radius 2 is 1.16 bits per heavy atom. The summed E-state index contributed by atoms with van der Waals surface area (Å²) in [6, 6.07) is 0. The van der Waals surface area contributed by atoms with E-state index in [1.165, 1.54) is 44.9 Å². The average Bonchev–Trinajstić information content (AvgIpc) is 2.35. The average molecular weight is 274 g/mol. The highest BCUT2D eigenvalue weighted by Crippen LogP contribution is 2.15. The van der Waals surface area contributed by atoms with Crippen molar-refractivity contribution in [2.45, 2.75) is 89.8 Å². The Bertz CT molecular complexity index is 226. The van der Waals surface area contributed by atoms with Gasteiger partial charge in [-0.3, -0.25) is 0 Å². The van der Waals surface area contributed by atoms with Crippen LogP contribution in [0.2, 0.25) is 0 Å². The highest BCUT2D eigenvalue weighted by Gasteiger charge is 2.31. The van der Waals surface area contributed by atoms with Gasteiger partial charge in [-0.05, 0) is 6.42 Å². The molecule has 0 spiro atoms. The van der Waals surface area contributed by atoms with Gasteiger partial charge in [0, 0.05) is 6.42 Å². The lowest BCUT2D eigenvalue weighted by molar-refractivity contribution is -0.205. The van der Waals surface area contributed by atoms with Gasteiger partial charge < -0.3 is 15.3 Å². The van der Waals surface area contributed by atoms with Crippen LogP contribution in [0.15, 0.2) is 0 Å². The molecule has 0 unspecified atom stereocenters.